The van der Waals surface area contributed by atoms with Gasteiger partial charge in [0.2, 0.25) is 0 Å². The number of benzene rings is 1. The van der Waals surface area contributed by atoms with Crippen LogP contribution in [0.4, 0.5) is 0 Å². The fourth-order valence-corrected chi connectivity index (χ4v) is 1.20. The van der Waals surface area contributed by atoms with E-state index in [4.69, 9.17) is 10.5 Å². The summed E-state index contributed by atoms with van der Waals surface area (Å²) in [5, 5.41) is 9.70. The number of carbonyl (C=O) groups excluding carboxylic acids is 1. The average molecular weight is 207 g/mol. The zero-order valence-corrected chi connectivity index (χ0v) is 8.43. The van der Waals surface area contributed by atoms with Gasteiger partial charge in [-0.3, -0.25) is 4.79 Å². The van der Waals surface area contributed by atoms with Crippen LogP contribution in [0.15, 0.2) is 18.2 Å². The molecule has 1 aromatic rings. The number of carbonyl (C=O) groups is 1. The van der Waals surface area contributed by atoms with Gasteiger partial charge in [-0.1, -0.05) is 12.2 Å². The molecule has 0 aliphatic heterocycles. The first kappa shape index (κ1) is 11.3. The molecule has 0 heterocycles. The molecule has 0 amide bonds. The van der Waals surface area contributed by atoms with Gasteiger partial charge >= 0.3 is 0 Å². The molecule has 0 unspecified atom stereocenters. The van der Waals surface area contributed by atoms with Gasteiger partial charge in [-0.05, 0) is 12.1 Å². The fourth-order valence-electron chi connectivity index (χ4n) is 1.20. The van der Waals surface area contributed by atoms with Crippen LogP contribution in [0.2, 0.25) is 0 Å². The number of hydrogen-bond acceptors (Lipinski definition) is 4. The van der Waals surface area contributed by atoms with Crippen LogP contribution < -0.4 is 10.5 Å². The highest BCUT2D eigenvalue weighted by Gasteiger charge is 2.07. The van der Waals surface area contributed by atoms with E-state index in [2.05, 4.69) is 0 Å². The minimum absolute atomic E-state index is 0.00722. The van der Waals surface area contributed by atoms with Crippen LogP contribution in [0.1, 0.15) is 15.9 Å². The number of nitrogens with two attached hydrogens (primary N) is 1. The monoisotopic (exact) mass is 207 g/mol. The molecule has 0 bridgehead atoms. The van der Waals surface area contributed by atoms with Crippen LogP contribution in [0.5, 0.6) is 11.5 Å². The second kappa shape index (κ2) is 5.17. The van der Waals surface area contributed by atoms with Crippen molar-refractivity contribution in [2.24, 2.45) is 5.73 Å². The number of phenolic OH excluding ortho intramolecular Hbond substituents is 1. The summed E-state index contributed by atoms with van der Waals surface area (Å²) in [6, 6.07) is 3.04. The largest absolute Gasteiger partial charge is 0.504 e. The molecule has 0 saturated carbocycles. The molecule has 0 aliphatic rings. The summed E-state index contributed by atoms with van der Waals surface area (Å²) in [6.45, 7) is 0.368. The molecule has 1 aromatic carbocycles. The van der Waals surface area contributed by atoms with Crippen molar-refractivity contribution < 1.29 is 14.6 Å². The average Bonchev–Trinajstić information content (AvgIpc) is 2.27. The van der Waals surface area contributed by atoms with Crippen LogP contribution in [-0.2, 0) is 0 Å². The van der Waals surface area contributed by atoms with Gasteiger partial charge in [-0.25, -0.2) is 0 Å². The van der Waals surface area contributed by atoms with E-state index in [0.29, 0.717) is 24.0 Å². The lowest BCUT2D eigenvalue weighted by Gasteiger charge is -2.07. The maximum atomic E-state index is 10.6. The lowest BCUT2D eigenvalue weighted by Crippen LogP contribution is -1.93. The third kappa shape index (κ3) is 2.57. The molecule has 4 nitrogen and oxygen atoms in total. The van der Waals surface area contributed by atoms with Gasteiger partial charge < -0.3 is 15.6 Å². The van der Waals surface area contributed by atoms with Crippen molar-refractivity contribution in [3.63, 3.8) is 0 Å². The number of rotatable bonds is 4. The van der Waals surface area contributed by atoms with Crippen molar-refractivity contribution >= 4 is 12.4 Å². The zero-order valence-electron chi connectivity index (χ0n) is 8.43. The molecule has 0 fully saturated rings. The lowest BCUT2D eigenvalue weighted by atomic mass is 10.1. The van der Waals surface area contributed by atoms with E-state index < -0.39 is 0 Å². The summed E-state index contributed by atoms with van der Waals surface area (Å²) in [7, 11) is 1.43. The van der Waals surface area contributed by atoms with Crippen molar-refractivity contribution in [2.75, 3.05) is 13.7 Å². The maximum Gasteiger partial charge on any atom is 0.165 e. The molecule has 0 spiro atoms. The van der Waals surface area contributed by atoms with Crippen molar-refractivity contribution in [1.82, 2.24) is 0 Å². The first-order valence-corrected chi connectivity index (χ1v) is 4.45. The Morgan fingerprint density at radius 2 is 2.27 bits per heavy atom. The Labute approximate surface area is 88.0 Å². The standard InChI is InChI=1S/C11H13NO3/c1-15-10-6-8(7-13)5-9(11(10)14)3-2-4-12/h2-3,5-7,14H,4,12H2,1H3. The highest BCUT2D eigenvalue weighted by Crippen LogP contribution is 2.31. The molecule has 80 valence electrons. The third-order valence-corrected chi connectivity index (χ3v) is 1.92. The molecule has 3 N–H and O–H groups in total. The molecule has 1 rings (SSSR count). The van der Waals surface area contributed by atoms with E-state index in [1.54, 1.807) is 18.2 Å². The Hall–Kier alpha value is -1.81. The summed E-state index contributed by atoms with van der Waals surface area (Å²) < 4.78 is 4.93. The van der Waals surface area contributed by atoms with Gasteiger partial charge in [0.15, 0.2) is 11.5 Å². The van der Waals surface area contributed by atoms with Crippen LogP contribution >= 0.6 is 0 Å². The minimum atomic E-state index is 0.00722. The number of hydrogen-bond donors (Lipinski definition) is 2. The van der Waals surface area contributed by atoms with Crippen LogP contribution in [0.25, 0.3) is 6.08 Å². The van der Waals surface area contributed by atoms with Crippen molar-refractivity contribution in [3.8, 4) is 11.5 Å². The lowest BCUT2D eigenvalue weighted by molar-refractivity contribution is 0.112. The van der Waals surface area contributed by atoms with Crippen LogP contribution in [0.3, 0.4) is 0 Å². The molecule has 0 radical (unpaired) electrons. The maximum absolute atomic E-state index is 10.6. The van der Waals surface area contributed by atoms with Crippen LogP contribution in [0, 0.1) is 0 Å². The third-order valence-electron chi connectivity index (χ3n) is 1.92. The van der Waals surface area contributed by atoms with Crippen LogP contribution in [-0.4, -0.2) is 25.0 Å². The molecular weight excluding hydrogens is 194 g/mol. The van der Waals surface area contributed by atoms with Crippen molar-refractivity contribution in [1.29, 1.82) is 0 Å². The quantitative estimate of drug-likeness (QED) is 0.727. The fraction of sp³-hybridized carbons (Fsp3) is 0.182. The number of aldehydes is 1. The zero-order chi connectivity index (χ0) is 11.3. The first-order chi connectivity index (χ1) is 7.22. The Kier molecular flexibility index (Phi) is 3.88. The van der Waals surface area contributed by atoms with E-state index in [1.807, 2.05) is 0 Å². The Bertz CT molecular complexity index is 386. The summed E-state index contributed by atoms with van der Waals surface area (Å²) in [6.07, 6.45) is 4.02. The highest BCUT2D eigenvalue weighted by molar-refractivity contribution is 5.79. The SMILES string of the molecule is COc1cc(C=O)cc(C=CCN)c1O. The number of methoxy groups -OCH3 is 1. The van der Waals surface area contributed by atoms with Gasteiger partial charge in [0.1, 0.15) is 6.29 Å². The summed E-state index contributed by atoms with van der Waals surface area (Å²) >= 11 is 0. The van der Waals surface area contributed by atoms with Crippen molar-refractivity contribution in [3.05, 3.63) is 29.3 Å². The normalized spacial score (nSPS) is 10.5. The van der Waals surface area contributed by atoms with Gasteiger partial charge in [0.25, 0.3) is 0 Å². The summed E-state index contributed by atoms with van der Waals surface area (Å²) in [4.78, 5) is 10.6. The second-order valence-electron chi connectivity index (χ2n) is 2.92. The highest BCUT2D eigenvalue weighted by atomic mass is 16.5. The minimum Gasteiger partial charge on any atom is -0.504 e. The smallest absolute Gasteiger partial charge is 0.165 e. The topological polar surface area (TPSA) is 72.5 Å². The molecule has 0 aliphatic carbocycles. The van der Waals surface area contributed by atoms with E-state index >= 15 is 0 Å². The van der Waals surface area contributed by atoms with E-state index in [9.17, 15) is 9.90 Å². The van der Waals surface area contributed by atoms with E-state index in [1.165, 1.54) is 13.2 Å². The predicted octanol–water partition coefficient (Wildman–Crippen LogP) is 1.19. The molecular formula is C11H13NO3. The van der Waals surface area contributed by atoms with Crippen molar-refractivity contribution in [2.45, 2.75) is 0 Å². The number of ether oxygens (including phenoxy) is 1. The summed E-state index contributed by atoms with van der Waals surface area (Å²) in [5.41, 5.74) is 6.26. The van der Waals surface area contributed by atoms with Gasteiger partial charge in [0.05, 0.1) is 7.11 Å². The molecule has 0 atom stereocenters. The second-order valence-corrected chi connectivity index (χ2v) is 2.92. The summed E-state index contributed by atoms with van der Waals surface area (Å²) in [5.74, 6) is 0.282. The number of aromatic hydroxyl groups is 1. The van der Waals surface area contributed by atoms with Gasteiger partial charge in [0, 0.05) is 17.7 Å². The van der Waals surface area contributed by atoms with E-state index in [0.717, 1.165) is 0 Å². The number of phenols is 1. The van der Waals surface area contributed by atoms with Gasteiger partial charge in [-0.2, -0.15) is 0 Å². The predicted molar refractivity (Wildman–Crippen MR) is 58.1 cm³/mol. The Balaban J connectivity index is 3.23. The molecule has 4 heteroatoms. The molecule has 15 heavy (non-hydrogen) atoms. The van der Waals surface area contributed by atoms with E-state index in [-0.39, 0.29) is 11.5 Å². The molecule has 0 aromatic heterocycles. The Morgan fingerprint density at radius 1 is 1.53 bits per heavy atom. The first-order valence-electron chi connectivity index (χ1n) is 4.45. The Morgan fingerprint density at radius 3 is 2.80 bits per heavy atom. The molecule has 0 saturated heterocycles. The van der Waals surface area contributed by atoms with Gasteiger partial charge in [-0.15, -0.1) is 0 Å².